The lowest BCUT2D eigenvalue weighted by molar-refractivity contribution is 0.592. The Morgan fingerprint density at radius 3 is 2.10 bits per heavy atom. The Hall–Kier alpha value is -1.56. The highest BCUT2D eigenvalue weighted by Crippen LogP contribution is 2.35. The first-order chi connectivity index (χ1) is 9.30. The molecule has 0 nitrogen and oxygen atoms in total. The summed E-state index contributed by atoms with van der Waals surface area (Å²) in [7, 11) is 0. The van der Waals surface area contributed by atoms with Crippen molar-refractivity contribution in [1.29, 1.82) is 0 Å². The molecule has 0 fully saturated rings. The quantitative estimate of drug-likeness (QED) is 0.617. The van der Waals surface area contributed by atoms with E-state index in [1.165, 1.54) is 27.8 Å². The zero-order valence-corrected chi connectivity index (χ0v) is 13.6. The lowest BCUT2D eigenvalue weighted by Crippen LogP contribution is -2.12. The van der Waals surface area contributed by atoms with E-state index in [1.807, 2.05) is 0 Å². The summed E-state index contributed by atoms with van der Waals surface area (Å²) in [6.45, 7) is 13.6. The SMILES string of the molecule is Cc1ccc(C(C)C)cc1-c1ccccc1C(C)(C)C. The molecule has 0 heterocycles. The van der Waals surface area contributed by atoms with E-state index >= 15 is 0 Å². The Kier molecular flexibility index (Phi) is 4.04. The first kappa shape index (κ1) is 14.8. The largest absolute Gasteiger partial charge is 0.0619 e. The molecule has 0 heteroatoms. The average Bonchev–Trinajstić information content (AvgIpc) is 2.38. The first-order valence-corrected chi connectivity index (χ1v) is 7.51. The van der Waals surface area contributed by atoms with Gasteiger partial charge in [-0.05, 0) is 46.1 Å². The molecule has 2 aromatic rings. The molecule has 0 N–H and O–H groups in total. The summed E-state index contributed by atoms with van der Waals surface area (Å²) in [6.07, 6.45) is 0. The van der Waals surface area contributed by atoms with Crippen molar-refractivity contribution in [3.8, 4) is 11.1 Å². The van der Waals surface area contributed by atoms with Gasteiger partial charge in [0.2, 0.25) is 0 Å². The van der Waals surface area contributed by atoms with E-state index in [9.17, 15) is 0 Å². The molecule has 0 radical (unpaired) electrons. The van der Waals surface area contributed by atoms with Gasteiger partial charge < -0.3 is 0 Å². The molecule has 0 unspecified atom stereocenters. The van der Waals surface area contributed by atoms with Gasteiger partial charge in [-0.2, -0.15) is 0 Å². The number of aryl methyl sites for hydroxylation is 1. The van der Waals surface area contributed by atoms with Crippen LogP contribution in [0.4, 0.5) is 0 Å². The van der Waals surface area contributed by atoms with Crippen LogP contribution >= 0.6 is 0 Å². The van der Waals surface area contributed by atoms with Gasteiger partial charge in [0.15, 0.2) is 0 Å². The van der Waals surface area contributed by atoms with Crippen LogP contribution in [0.1, 0.15) is 57.2 Å². The van der Waals surface area contributed by atoms with E-state index in [1.54, 1.807) is 0 Å². The van der Waals surface area contributed by atoms with Crippen molar-refractivity contribution in [2.45, 2.75) is 52.9 Å². The Morgan fingerprint density at radius 1 is 0.850 bits per heavy atom. The topological polar surface area (TPSA) is 0 Å². The minimum absolute atomic E-state index is 0.164. The number of rotatable bonds is 2. The van der Waals surface area contributed by atoms with Gasteiger partial charge in [0.1, 0.15) is 0 Å². The molecule has 2 aromatic carbocycles. The average molecular weight is 266 g/mol. The molecule has 0 aliphatic heterocycles. The van der Waals surface area contributed by atoms with E-state index in [0.29, 0.717) is 5.92 Å². The summed E-state index contributed by atoms with van der Waals surface area (Å²) < 4.78 is 0. The van der Waals surface area contributed by atoms with Crippen LogP contribution in [0.5, 0.6) is 0 Å². The van der Waals surface area contributed by atoms with Crippen molar-refractivity contribution < 1.29 is 0 Å². The number of hydrogen-bond acceptors (Lipinski definition) is 0. The molecule has 2 rings (SSSR count). The fourth-order valence-electron chi connectivity index (χ4n) is 2.66. The minimum atomic E-state index is 0.164. The van der Waals surface area contributed by atoms with Crippen LogP contribution in [0.2, 0.25) is 0 Å². The van der Waals surface area contributed by atoms with E-state index in [2.05, 4.69) is 84.0 Å². The molecule has 0 saturated heterocycles. The summed E-state index contributed by atoms with van der Waals surface area (Å²) >= 11 is 0. The van der Waals surface area contributed by atoms with Crippen LogP contribution < -0.4 is 0 Å². The van der Waals surface area contributed by atoms with Crippen LogP contribution in [0, 0.1) is 6.92 Å². The molecule has 0 spiro atoms. The van der Waals surface area contributed by atoms with Gasteiger partial charge in [-0.1, -0.05) is 77.1 Å². The third kappa shape index (κ3) is 2.95. The van der Waals surface area contributed by atoms with Crippen LogP contribution in [0.25, 0.3) is 11.1 Å². The molecular weight excluding hydrogens is 240 g/mol. The monoisotopic (exact) mass is 266 g/mol. The standard InChI is InChI=1S/C20H26/c1-14(2)16-12-11-15(3)18(13-16)17-9-7-8-10-19(17)20(4,5)6/h7-14H,1-6H3. The maximum Gasteiger partial charge on any atom is -0.0126 e. The summed E-state index contributed by atoms with van der Waals surface area (Å²) in [5, 5.41) is 0. The molecule has 0 amide bonds. The molecule has 0 aliphatic carbocycles. The third-order valence-corrected chi connectivity index (χ3v) is 3.95. The van der Waals surface area contributed by atoms with Gasteiger partial charge in [-0.25, -0.2) is 0 Å². The highest BCUT2D eigenvalue weighted by molar-refractivity contribution is 5.72. The molecule has 0 aromatic heterocycles. The lowest BCUT2D eigenvalue weighted by Gasteiger charge is -2.24. The number of hydrogen-bond donors (Lipinski definition) is 0. The second-order valence-corrected chi connectivity index (χ2v) is 7.02. The third-order valence-electron chi connectivity index (χ3n) is 3.95. The molecule has 106 valence electrons. The second-order valence-electron chi connectivity index (χ2n) is 7.02. The van der Waals surface area contributed by atoms with Gasteiger partial charge in [0, 0.05) is 0 Å². The van der Waals surface area contributed by atoms with Gasteiger partial charge in [-0.15, -0.1) is 0 Å². The van der Waals surface area contributed by atoms with Gasteiger partial charge in [-0.3, -0.25) is 0 Å². The predicted molar refractivity (Wildman–Crippen MR) is 89.4 cm³/mol. The molecule has 0 atom stereocenters. The molecule has 0 saturated carbocycles. The fraction of sp³-hybridized carbons (Fsp3) is 0.400. The molecule has 0 aliphatic rings. The summed E-state index contributed by atoms with van der Waals surface area (Å²) in [6, 6.07) is 15.7. The minimum Gasteiger partial charge on any atom is -0.0619 e. The van der Waals surface area contributed by atoms with Crippen LogP contribution in [0.15, 0.2) is 42.5 Å². The Bertz CT molecular complexity index is 598. The fourth-order valence-corrected chi connectivity index (χ4v) is 2.66. The maximum absolute atomic E-state index is 2.37. The van der Waals surface area contributed by atoms with Gasteiger partial charge >= 0.3 is 0 Å². The van der Waals surface area contributed by atoms with Crippen molar-refractivity contribution in [2.24, 2.45) is 0 Å². The summed E-state index contributed by atoms with van der Waals surface area (Å²) in [5.74, 6) is 0.566. The summed E-state index contributed by atoms with van der Waals surface area (Å²) in [4.78, 5) is 0. The molecule has 0 bridgehead atoms. The van der Waals surface area contributed by atoms with Gasteiger partial charge in [0.25, 0.3) is 0 Å². The Balaban J connectivity index is 2.66. The van der Waals surface area contributed by atoms with Gasteiger partial charge in [0.05, 0.1) is 0 Å². The smallest absolute Gasteiger partial charge is 0.0126 e. The van der Waals surface area contributed by atoms with Crippen molar-refractivity contribution in [1.82, 2.24) is 0 Å². The molecule has 20 heavy (non-hydrogen) atoms. The van der Waals surface area contributed by atoms with E-state index in [-0.39, 0.29) is 5.41 Å². The lowest BCUT2D eigenvalue weighted by atomic mass is 9.80. The normalized spacial score (nSPS) is 11.9. The zero-order chi connectivity index (χ0) is 14.9. The predicted octanol–water partition coefficient (Wildman–Crippen LogP) is 6.08. The molecular formula is C20H26. The second kappa shape index (κ2) is 5.44. The van der Waals surface area contributed by atoms with Crippen LogP contribution in [-0.2, 0) is 5.41 Å². The van der Waals surface area contributed by atoms with Crippen molar-refractivity contribution in [3.05, 3.63) is 59.2 Å². The van der Waals surface area contributed by atoms with E-state index < -0.39 is 0 Å². The Morgan fingerprint density at radius 2 is 1.50 bits per heavy atom. The zero-order valence-electron chi connectivity index (χ0n) is 13.6. The van der Waals surface area contributed by atoms with Crippen molar-refractivity contribution >= 4 is 0 Å². The van der Waals surface area contributed by atoms with E-state index in [4.69, 9.17) is 0 Å². The van der Waals surface area contributed by atoms with Crippen molar-refractivity contribution in [3.63, 3.8) is 0 Å². The van der Waals surface area contributed by atoms with Crippen LogP contribution in [-0.4, -0.2) is 0 Å². The van der Waals surface area contributed by atoms with Crippen LogP contribution in [0.3, 0.4) is 0 Å². The maximum atomic E-state index is 2.37. The number of benzene rings is 2. The van der Waals surface area contributed by atoms with E-state index in [0.717, 1.165) is 0 Å². The Labute approximate surface area is 123 Å². The van der Waals surface area contributed by atoms with Crippen molar-refractivity contribution in [2.75, 3.05) is 0 Å². The first-order valence-electron chi connectivity index (χ1n) is 7.51. The highest BCUT2D eigenvalue weighted by Gasteiger charge is 2.19. The summed E-state index contributed by atoms with van der Waals surface area (Å²) in [5.41, 5.74) is 7.10. The highest BCUT2D eigenvalue weighted by atomic mass is 14.2.